The second-order valence-corrected chi connectivity index (χ2v) is 8.41. The smallest absolute Gasteiger partial charge is 0.284 e. The predicted molar refractivity (Wildman–Crippen MR) is 102 cm³/mol. The molecule has 2 aromatic carbocycles. The van der Waals surface area contributed by atoms with E-state index in [0.717, 1.165) is 4.47 Å². The van der Waals surface area contributed by atoms with Crippen LogP contribution in [0.1, 0.15) is 5.56 Å². The van der Waals surface area contributed by atoms with Gasteiger partial charge in [-0.05, 0) is 48.5 Å². The average molecular weight is 444 g/mol. The van der Waals surface area contributed by atoms with Crippen molar-refractivity contribution >= 4 is 43.4 Å². The van der Waals surface area contributed by atoms with Crippen LogP contribution in [0.2, 0.25) is 5.02 Å². The molecule has 2 aromatic rings. The number of ether oxygens (including phenoxy) is 1. The van der Waals surface area contributed by atoms with Crippen molar-refractivity contribution in [3.63, 3.8) is 0 Å². The standard InChI is InChI=1S/C17H16BrClN2O3S/c18-14-3-7-16(8-4-14)25(22,23)20-17(21-9-11-24-12-10-21)13-1-5-15(19)6-2-13/h1-8H,9-12H2. The molecule has 0 atom stereocenters. The SMILES string of the molecule is O=S(=O)(N=C(c1ccc(Cl)cc1)N1CCOCC1)c1ccc(Br)cc1. The van der Waals surface area contributed by atoms with Crippen LogP contribution in [0.3, 0.4) is 0 Å². The summed E-state index contributed by atoms with van der Waals surface area (Å²) >= 11 is 9.25. The molecule has 0 aromatic heterocycles. The molecule has 1 heterocycles. The molecule has 1 fully saturated rings. The number of halogens is 2. The topological polar surface area (TPSA) is 59.0 Å². The van der Waals surface area contributed by atoms with E-state index in [-0.39, 0.29) is 4.90 Å². The Hall–Kier alpha value is -1.41. The molecular formula is C17H16BrClN2O3S. The van der Waals surface area contributed by atoms with E-state index >= 15 is 0 Å². The van der Waals surface area contributed by atoms with Crippen LogP contribution in [0.15, 0.2) is 62.3 Å². The number of amidine groups is 1. The van der Waals surface area contributed by atoms with E-state index in [1.54, 1.807) is 36.4 Å². The lowest BCUT2D eigenvalue weighted by molar-refractivity contribution is 0.0683. The molecule has 1 saturated heterocycles. The summed E-state index contributed by atoms with van der Waals surface area (Å²) < 4.78 is 35.8. The Kier molecular flexibility index (Phi) is 5.78. The van der Waals surface area contributed by atoms with Gasteiger partial charge in [-0.15, -0.1) is 4.40 Å². The molecule has 0 radical (unpaired) electrons. The largest absolute Gasteiger partial charge is 0.378 e. The Morgan fingerprint density at radius 1 is 1.04 bits per heavy atom. The molecule has 3 rings (SSSR count). The van der Waals surface area contributed by atoms with Crippen molar-refractivity contribution < 1.29 is 13.2 Å². The third-order valence-electron chi connectivity index (χ3n) is 3.73. The van der Waals surface area contributed by atoms with Gasteiger partial charge in [-0.3, -0.25) is 0 Å². The van der Waals surface area contributed by atoms with E-state index in [1.165, 1.54) is 12.1 Å². The first-order valence-electron chi connectivity index (χ1n) is 7.65. The Morgan fingerprint density at radius 2 is 1.64 bits per heavy atom. The first-order valence-corrected chi connectivity index (χ1v) is 10.3. The summed E-state index contributed by atoms with van der Waals surface area (Å²) in [5.74, 6) is 0.405. The van der Waals surface area contributed by atoms with Crippen LogP contribution < -0.4 is 0 Å². The maximum absolute atomic E-state index is 12.8. The first-order chi connectivity index (χ1) is 12.0. The summed E-state index contributed by atoms with van der Waals surface area (Å²) in [6.45, 7) is 2.23. The van der Waals surface area contributed by atoms with Crippen molar-refractivity contribution in [1.29, 1.82) is 0 Å². The van der Waals surface area contributed by atoms with Gasteiger partial charge in [-0.25, -0.2) is 0 Å². The summed E-state index contributed by atoms with van der Waals surface area (Å²) in [6.07, 6.45) is 0. The highest BCUT2D eigenvalue weighted by Gasteiger charge is 2.21. The fraction of sp³-hybridized carbons (Fsp3) is 0.235. The molecule has 132 valence electrons. The maximum Gasteiger partial charge on any atom is 0.284 e. The first kappa shape index (κ1) is 18.4. The minimum atomic E-state index is -3.83. The van der Waals surface area contributed by atoms with Crippen molar-refractivity contribution in [3.05, 3.63) is 63.6 Å². The third-order valence-corrected chi connectivity index (χ3v) is 5.79. The number of hydrogen-bond acceptors (Lipinski definition) is 3. The van der Waals surface area contributed by atoms with E-state index in [4.69, 9.17) is 16.3 Å². The van der Waals surface area contributed by atoms with Crippen molar-refractivity contribution in [3.8, 4) is 0 Å². The van der Waals surface area contributed by atoms with Crippen LogP contribution in [-0.4, -0.2) is 45.5 Å². The number of hydrogen-bond donors (Lipinski definition) is 0. The highest BCUT2D eigenvalue weighted by atomic mass is 79.9. The minimum Gasteiger partial charge on any atom is -0.378 e. The van der Waals surface area contributed by atoms with Crippen molar-refractivity contribution in [1.82, 2.24) is 4.90 Å². The van der Waals surface area contributed by atoms with Gasteiger partial charge in [0.25, 0.3) is 10.0 Å². The van der Waals surface area contributed by atoms with E-state index in [0.29, 0.717) is 42.7 Å². The minimum absolute atomic E-state index is 0.149. The fourth-order valence-electron chi connectivity index (χ4n) is 2.44. The van der Waals surface area contributed by atoms with Gasteiger partial charge in [-0.1, -0.05) is 27.5 Å². The lowest BCUT2D eigenvalue weighted by Gasteiger charge is -2.29. The Balaban J connectivity index is 2.04. The zero-order chi connectivity index (χ0) is 17.9. The van der Waals surface area contributed by atoms with E-state index in [1.807, 2.05) is 4.90 Å². The Morgan fingerprint density at radius 3 is 2.24 bits per heavy atom. The van der Waals surface area contributed by atoms with Crippen LogP contribution in [0.25, 0.3) is 0 Å². The number of sulfonamides is 1. The summed E-state index contributed by atoms with van der Waals surface area (Å²) in [6, 6.07) is 13.4. The second-order valence-electron chi connectivity index (χ2n) is 5.45. The monoisotopic (exact) mass is 442 g/mol. The van der Waals surface area contributed by atoms with Gasteiger partial charge in [0.2, 0.25) is 0 Å². The molecule has 0 spiro atoms. The van der Waals surface area contributed by atoms with Gasteiger partial charge >= 0.3 is 0 Å². The number of rotatable bonds is 3. The highest BCUT2D eigenvalue weighted by molar-refractivity contribution is 9.10. The summed E-state index contributed by atoms with van der Waals surface area (Å²) in [7, 11) is -3.83. The lowest BCUT2D eigenvalue weighted by atomic mass is 10.2. The van der Waals surface area contributed by atoms with Gasteiger partial charge in [0.1, 0.15) is 5.84 Å². The molecule has 0 unspecified atom stereocenters. The molecule has 0 amide bonds. The van der Waals surface area contributed by atoms with Crippen molar-refractivity contribution in [2.24, 2.45) is 4.40 Å². The lowest BCUT2D eigenvalue weighted by Crippen LogP contribution is -2.41. The van der Waals surface area contributed by atoms with E-state index in [9.17, 15) is 8.42 Å². The predicted octanol–water partition coefficient (Wildman–Crippen LogP) is 3.57. The van der Waals surface area contributed by atoms with Crippen molar-refractivity contribution in [2.45, 2.75) is 4.90 Å². The molecule has 0 aliphatic carbocycles. The highest BCUT2D eigenvalue weighted by Crippen LogP contribution is 2.20. The van der Waals surface area contributed by atoms with Crippen LogP contribution in [0.4, 0.5) is 0 Å². The summed E-state index contributed by atoms with van der Waals surface area (Å²) in [5, 5.41) is 0.584. The van der Waals surface area contributed by atoms with Crippen LogP contribution >= 0.6 is 27.5 Å². The van der Waals surface area contributed by atoms with Gasteiger partial charge < -0.3 is 9.64 Å². The van der Waals surface area contributed by atoms with E-state index in [2.05, 4.69) is 20.3 Å². The molecule has 5 nitrogen and oxygen atoms in total. The van der Waals surface area contributed by atoms with E-state index < -0.39 is 10.0 Å². The van der Waals surface area contributed by atoms with Crippen molar-refractivity contribution in [2.75, 3.05) is 26.3 Å². The normalized spacial score (nSPS) is 16.1. The van der Waals surface area contributed by atoms with Gasteiger partial charge in [-0.2, -0.15) is 8.42 Å². The number of morpholine rings is 1. The summed E-state index contributed by atoms with van der Waals surface area (Å²) in [4.78, 5) is 2.07. The molecule has 0 N–H and O–H groups in total. The van der Waals surface area contributed by atoms with Crippen LogP contribution in [0.5, 0.6) is 0 Å². The zero-order valence-corrected chi connectivity index (χ0v) is 16.4. The number of nitrogens with zero attached hydrogens (tertiary/aromatic N) is 2. The zero-order valence-electron chi connectivity index (χ0n) is 13.2. The van der Waals surface area contributed by atoms with Crippen LogP contribution in [0, 0.1) is 0 Å². The Bertz CT molecular complexity index is 862. The van der Waals surface area contributed by atoms with Crippen LogP contribution in [-0.2, 0) is 14.8 Å². The summed E-state index contributed by atoms with van der Waals surface area (Å²) in [5.41, 5.74) is 0.701. The average Bonchev–Trinajstić information content (AvgIpc) is 2.62. The number of benzene rings is 2. The van der Waals surface area contributed by atoms with Gasteiger partial charge in [0.05, 0.1) is 18.1 Å². The maximum atomic E-state index is 12.8. The van der Waals surface area contributed by atoms with Gasteiger partial charge in [0, 0.05) is 28.1 Å². The molecular weight excluding hydrogens is 428 g/mol. The van der Waals surface area contributed by atoms with Gasteiger partial charge in [0.15, 0.2) is 0 Å². The Labute approximate surface area is 160 Å². The fourth-order valence-corrected chi connectivity index (χ4v) is 3.86. The molecule has 1 aliphatic heterocycles. The quantitative estimate of drug-likeness (QED) is 0.537. The molecule has 8 heteroatoms. The third kappa shape index (κ3) is 4.61. The second kappa shape index (κ2) is 7.86. The molecule has 0 bridgehead atoms. The molecule has 1 aliphatic rings. The molecule has 25 heavy (non-hydrogen) atoms. The molecule has 0 saturated carbocycles.